The SMILES string of the molecule is CCC(=O)c1cn(CC)c2ccccc12. The van der Waals surface area contributed by atoms with Crippen molar-refractivity contribution in [3.63, 3.8) is 0 Å². The highest BCUT2D eigenvalue weighted by atomic mass is 16.1. The van der Waals surface area contributed by atoms with Crippen molar-refractivity contribution in [1.82, 2.24) is 4.57 Å². The number of aryl methyl sites for hydroxylation is 1. The number of nitrogens with zero attached hydrogens (tertiary/aromatic N) is 1. The van der Waals surface area contributed by atoms with E-state index in [9.17, 15) is 4.79 Å². The first-order valence-electron chi connectivity index (χ1n) is 5.39. The van der Waals surface area contributed by atoms with Gasteiger partial charge >= 0.3 is 0 Å². The Labute approximate surface area is 89.5 Å². The highest BCUT2D eigenvalue weighted by Gasteiger charge is 2.11. The van der Waals surface area contributed by atoms with E-state index in [1.165, 1.54) is 0 Å². The zero-order valence-electron chi connectivity index (χ0n) is 9.16. The van der Waals surface area contributed by atoms with Gasteiger partial charge in [0.15, 0.2) is 5.78 Å². The molecule has 1 heterocycles. The highest BCUT2D eigenvalue weighted by molar-refractivity contribution is 6.07. The Kier molecular flexibility index (Phi) is 2.58. The Morgan fingerprint density at radius 2 is 2.00 bits per heavy atom. The van der Waals surface area contributed by atoms with Gasteiger partial charge in [0.25, 0.3) is 0 Å². The van der Waals surface area contributed by atoms with E-state index in [0.29, 0.717) is 6.42 Å². The number of ketones is 1. The third-order valence-electron chi connectivity index (χ3n) is 2.75. The Balaban J connectivity index is 2.70. The van der Waals surface area contributed by atoms with Gasteiger partial charge in [-0.25, -0.2) is 0 Å². The van der Waals surface area contributed by atoms with Gasteiger partial charge in [-0.2, -0.15) is 0 Å². The van der Waals surface area contributed by atoms with Crippen LogP contribution in [0.3, 0.4) is 0 Å². The van der Waals surface area contributed by atoms with Gasteiger partial charge in [0, 0.05) is 35.6 Å². The summed E-state index contributed by atoms with van der Waals surface area (Å²) in [4.78, 5) is 11.7. The smallest absolute Gasteiger partial charge is 0.164 e. The lowest BCUT2D eigenvalue weighted by atomic mass is 10.1. The van der Waals surface area contributed by atoms with Gasteiger partial charge in [0.2, 0.25) is 0 Å². The minimum atomic E-state index is 0.221. The van der Waals surface area contributed by atoms with Crippen LogP contribution in [0.4, 0.5) is 0 Å². The number of aromatic nitrogens is 1. The first kappa shape index (κ1) is 9.97. The van der Waals surface area contributed by atoms with Gasteiger partial charge in [-0.1, -0.05) is 25.1 Å². The Morgan fingerprint density at radius 1 is 1.27 bits per heavy atom. The van der Waals surface area contributed by atoms with Crippen LogP contribution >= 0.6 is 0 Å². The average molecular weight is 201 g/mol. The Hall–Kier alpha value is -1.57. The van der Waals surface area contributed by atoms with Crippen LogP contribution in [0.1, 0.15) is 30.6 Å². The Bertz CT molecular complexity index is 496. The third kappa shape index (κ3) is 1.56. The summed E-state index contributed by atoms with van der Waals surface area (Å²) in [5, 5.41) is 1.08. The van der Waals surface area contributed by atoms with Crippen LogP contribution in [0, 0.1) is 0 Å². The predicted molar refractivity (Wildman–Crippen MR) is 62.2 cm³/mol. The second-order valence-corrected chi connectivity index (χ2v) is 3.62. The molecule has 0 N–H and O–H groups in total. The van der Waals surface area contributed by atoms with Crippen LogP contribution in [-0.2, 0) is 6.54 Å². The van der Waals surface area contributed by atoms with Gasteiger partial charge in [0.1, 0.15) is 0 Å². The fourth-order valence-corrected chi connectivity index (χ4v) is 1.92. The maximum Gasteiger partial charge on any atom is 0.164 e. The quantitative estimate of drug-likeness (QED) is 0.699. The number of hydrogen-bond donors (Lipinski definition) is 0. The molecule has 2 nitrogen and oxygen atoms in total. The van der Waals surface area contributed by atoms with E-state index < -0.39 is 0 Å². The second kappa shape index (κ2) is 3.89. The molecule has 0 unspecified atom stereocenters. The van der Waals surface area contributed by atoms with Crippen molar-refractivity contribution in [3.8, 4) is 0 Å². The van der Waals surface area contributed by atoms with E-state index in [4.69, 9.17) is 0 Å². The molecule has 0 radical (unpaired) electrons. The molecule has 0 fully saturated rings. The van der Waals surface area contributed by atoms with E-state index in [0.717, 1.165) is 23.0 Å². The summed E-state index contributed by atoms with van der Waals surface area (Å²) in [5.74, 6) is 0.221. The van der Waals surface area contributed by atoms with Crippen LogP contribution in [0.15, 0.2) is 30.5 Å². The topological polar surface area (TPSA) is 22.0 Å². The first-order valence-corrected chi connectivity index (χ1v) is 5.39. The molecule has 0 aliphatic heterocycles. The van der Waals surface area contributed by atoms with E-state index in [1.54, 1.807) is 0 Å². The molecule has 2 rings (SSSR count). The first-order chi connectivity index (χ1) is 7.27. The summed E-state index contributed by atoms with van der Waals surface area (Å²) < 4.78 is 2.12. The second-order valence-electron chi connectivity index (χ2n) is 3.62. The molecule has 1 aromatic carbocycles. The molecular formula is C13H15NO. The van der Waals surface area contributed by atoms with Crippen LogP contribution in [0.25, 0.3) is 10.9 Å². The molecule has 0 atom stereocenters. The number of hydrogen-bond acceptors (Lipinski definition) is 1. The highest BCUT2D eigenvalue weighted by Crippen LogP contribution is 2.22. The van der Waals surface area contributed by atoms with Gasteiger partial charge in [-0.15, -0.1) is 0 Å². The fourth-order valence-electron chi connectivity index (χ4n) is 1.92. The summed E-state index contributed by atoms with van der Waals surface area (Å²) in [7, 11) is 0. The molecule has 15 heavy (non-hydrogen) atoms. The molecule has 0 amide bonds. The maximum absolute atomic E-state index is 11.7. The number of fused-ring (bicyclic) bond motifs is 1. The number of carbonyl (C=O) groups excluding carboxylic acids is 1. The molecule has 0 bridgehead atoms. The fraction of sp³-hybridized carbons (Fsp3) is 0.308. The summed E-state index contributed by atoms with van der Waals surface area (Å²) >= 11 is 0. The zero-order chi connectivity index (χ0) is 10.8. The maximum atomic E-state index is 11.7. The average Bonchev–Trinajstić information content (AvgIpc) is 2.67. The Morgan fingerprint density at radius 3 is 2.67 bits per heavy atom. The largest absolute Gasteiger partial charge is 0.347 e. The van der Waals surface area contributed by atoms with Gasteiger partial charge < -0.3 is 4.57 Å². The minimum Gasteiger partial charge on any atom is -0.347 e. The van der Waals surface area contributed by atoms with Crippen molar-refractivity contribution in [3.05, 3.63) is 36.0 Å². The molecule has 78 valence electrons. The molecule has 0 saturated carbocycles. The monoisotopic (exact) mass is 201 g/mol. The van der Waals surface area contributed by atoms with E-state index in [-0.39, 0.29) is 5.78 Å². The van der Waals surface area contributed by atoms with Crippen molar-refractivity contribution in [2.24, 2.45) is 0 Å². The predicted octanol–water partition coefficient (Wildman–Crippen LogP) is 3.25. The van der Waals surface area contributed by atoms with Gasteiger partial charge in [-0.3, -0.25) is 4.79 Å². The molecule has 2 heteroatoms. The number of Topliss-reactive ketones (excluding diaryl/α,β-unsaturated/α-hetero) is 1. The summed E-state index contributed by atoms with van der Waals surface area (Å²) in [6.45, 7) is 4.89. The molecular weight excluding hydrogens is 186 g/mol. The lowest BCUT2D eigenvalue weighted by molar-refractivity contribution is 0.0989. The molecule has 0 aliphatic carbocycles. The standard InChI is InChI=1S/C13H15NO/c1-3-13(15)11-9-14(4-2)12-8-6-5-7-10(11)12/h5-9H,3-4H2,1-2H3. The number of rotatable bonds is 3. The van der Waals surface area contributed by atoms with Gasteiger partial charge in [-0.05, 0) is 13.0 Å². The normalized spacial score (nSPS) is 10.8. The number of carbonyl (C=O) groups is 1. The van der Waals surface area contributed by atoms with Crippen molar-refractivity contribution < 1.29 is 4.79 Å². The number of para-hydroxylation sites is 1. The van der Waals surface area contributed by atoms with Crippen molar-refractivity contribution in [2.45, 2.75) is 26.8 Å². The molecule has 0 aliphatic rings. The van der Waals surface area contributed by atoms with Gasteiger partial charge in [0.05, 0.1) is 0 Å². The number of benzene rings is 1. The summed E-state index contributed by atoms with van der Waals surface area (Å²) in [6.07, 6.45) is 2.54. The molecule has 0 spiro atoms. The van der Waals surface area contributed by atoms with Crippen LogP contribution in [-0.4, -0.2) is 10.4 Å². The van der Waals surface area contributed by atoms with E-state index in [1.807, 2.05) is 31.3 Å². The lowest BCUT2D eigenvalue weighted by Gasteiger charge is -1.97. The molecule has 0 saturated heterocycles. The van der Waals surface area contributed by atoms with Crippen LogP contribution in [0.5, 0.6) is 0 Å². The molecule has 2 aromatic rings. The summed E-state index contributed by atoms with van der Waals surface area (Å²) in [6, 6.07) is 8.07. The minimum absolute atomic E-state index is 0.221. The summed E-state index contributed by atoms with van der Waals surface area (Å²) in [5.41, 5.74) is 2.01. The zero-order valence-corrected chi connectivity index (χ0v) is 9.16. The van der Waals surface area contributed by atoms with Crippen LogP contribution in [0.2, 0.25) is 0 Å². The van der Waals surface area contributed by atoms with Crippen molar-refractivity contribution >= 4 is 16.7 Å². The van der Waals surface area contributed by atoms with Crippen LogP contribution < -0.4 is 0 Å². The van der Waals surface area contributed by atoms with Crippen molar-refractivity contribution in [1.29, 1.82) is 0 Å². The van der Waals surface area contributed by atoms with E-state index >= 15 is 0 Å². The van der Waals surface area contributed by atoms with E-state index in [2.05, 4.69) is 17.6 Å². The van der Waals surface area contributed by atoms with Crippen molar-refractivity contribution in [2.75, 3.05) is 0 Å². The third-order valence-corrected chi connectivity index (χ3v) is 2.75. The lowest BCUT2D eigenvalue weighted by Crippen LogP contribution is -1.95. The molecule has 1 aromatic heterocycles.